The van der Waals surface area contributed by atoms with E-state index in [0.29, 0.717) is 42.4 Å². The molecule has 2 heterocycles. The molecule has 612 valence electrons. The van der Waals surface area contributed by atoms with Gasteiger partial charge in [-0.05, 0) is 81.2 Å². The van der Waals surface area contributed by atoms with Crippen molar-refractivity contribution in [1.82, 2.24) is 51.3 Å². The van der Waals surface area contributed by atoms with Crippen LogP contribution < -0.4 is 59.9 Å². The highest BCUT2D eigenvalue weighted by molar-refractivity contribution is 8.04. The molecule has 0 aliphatic carbocycles. The van der Waals surface area contributed by atoms with Crippen LogP contribution in [0, 0.1) is 18.6 Å². The van der Waals surface area contributed by atoms with Gasteiger partial charge in [0.15, 0.2) is 0 Å². The lowest BCUT2D eigenvalue weighted by Crippen LogP contribution is -2.57. The molecule has 0 unspecified atom stereocenters. The summed E-state index contributed by atoms with van der Waals surface area (Å²) in [5.41, 5.74) is 12.0. The van der Waals surface area contributed by atoms with E-state index in [1.807, 2.05) is 0 Å². The molecule has 0 spiro atoms. The first-order chi connectivity index (χ1) is 52.7. The highest BCUT2D eigenvalue weighted by Gasteiger charge is 2.36. The van der Waals surface area contributed by atoms with E-state index in [1.165, 1.54) is 19.9 Å². The van der Waals surface area contributed by atoms with Gasteiger partial charge in [0.2, 0.25) is 41.4 Å². The van der Waals surface area contributed by atoms with E-state index in [4.69, 9.17) is 21.7 Å². The number of carboxylic acid groups (broad SMARTS) is 1. The van der Waals surface area contributed by atoms with Crippen molar-refractivity contribution >= 4 is 70.9 Å². The van der Waals surface area contributed by atoms with Gasteiger partial charge in [0, 0.05) is 100.0 Å². The maximum absolute atomic E-state index is 15.0. The molecule has 0 radical (unpaired) electrons. The number of carbonyl (C=O) groups is 10. The molecule has 5 rings (SSSR count). The fourth-order valence-corrected chi connectivity index (χ4v) is 12.6. The van der Waals surface area contributed by atoms with E-state index in [9.17, 15) is 103 Å². The fraction of sp³-hybridized carbons (Fsp3) is 0.534. The Morgan fingerprint density at radius 2 is 1.09 bits per heavy atom. The molecule has 35 nitrogen and oxygen atoms in total. The Morgan fingerprint density at radius 3 is 1.65 bits per heavy atom. The SMILES string of the molecule is Cc1c(-c2cccc(CCC(=O)NCCCCCCCC(=O)N[C@H](CCC(=O)NC[C@H](O)[C@@H](O)[C@H](O)[C@H](O)CO)C(=O)N[C@H](CCC(=O)O)C(=O)N[C@H](CCC(=O)NC[C@H](O)[C@@H](O)[C@H](O)[C@H](O)CO)C(=O)N[C@@H](C)CSC3=CC(=O)N(CCN)C3=O)c2)c(=O)n(C[C@@H](N)c2ccccc2)c(=O)n1Cc1c(F)cccc1F. The van der Waals surface area contributed by atoms with Crippen molar-refractivity contribution in [1.29, 1.82) is 0 Å². The third-order valence-electron chi connectivity index (χ3n) is 18.2. The van der Waals surface area contributed by atoms with Gasteiger partial charge in [0.1, 0.15) is 66.4 Å². The van der Waals surface area contributed by atoms with E-state index in [1.54, 1.807) is 54.6 Å². The summed E-state index contributed by atoms with van der Waals surface area (Å²) in [7, 11) is 0. The second kappa shape index (κ2) is 46.5. The molecule has 1 aliphatic heterocycles. The molecule has 0 saturated carbocycles. The van der Waals surface area contributed by atoms with Crippen molar-refractivity contribution in [3.8, 4) is 11.1 Å². The standard InChI is InChI=1S/C73H102F2N12O23S/c1-40(39-111-56-32-61(98)85(30-28-76)71(56)108)81-68(105)50(22-26-59(96)80-34-53(91)65(102)67(104)55(93)38-89)83-70(107)51(23-27-62(99)100)84-69(106)49(21-25-58(95)79-33-52(90)64(101)66(103)54(92)37-88)82-60(97)19-9-4-3-5-10-29-78-57(94)24-20-42-13-11-16-44(31-42)63-41(2)86(35-45-46(74)17-12-18-47(45)75)73(110)87(72(63)109)36-48(77)43-14-7-6-8-15-43/h6-8,11-18,31-32,40,48-55,64-67,88-93,101-104H,3-5,9-10,19-30,33-39,76-77H2,1-2H3,(H,78,94)(H,79,95)(H,80,96)(H,81,105)(H,82,97)(H,83,107)(H,84,106)(H,99,100)/t40-,48+,49+,50+,51+,52-,53-,54+,55+,64+,65+,66+,67+/m0/s1. The van der Waals surface area contributed by atoms with Crippen LogP contribution in [0.3, 0.4) is 0 Å². The number of carbonyl (C=O) groups excluding carboxylic acids is 9. The Hall–Kier alpha value is -9.29. The number of aryl methyl sites for hydroxylation is 1. The summed E-state index contributed by atoms with van der Waals surface area (Å²) in [5.74, 6) is -10.7. The van der Waals surface area contributed by atoms with Crippen LogP contribution in [-0.4, -0.2) is 254 Å². The summed E-state index contributed by atoms with van der Waals surface area (Å²) in [6, 6.07) is 12.0. The molecule has 9 amide bonds. The normalized spacial score (nSPS) is 15.7. The van der Waals surface area contributed by atoms with Crippen molar-refractivity contribution in [3.05, 3.63) is 139 Å². The van der Waals surface area contributed by atoms with Gasteiger partial charge in [-0.15, -0.1) is 11.8 Å². The highest BCUT2D eigenvalue weighted by atomic mass is 32.2. The summed E-state index contributed by atoms with van der Waals surface area (Å²) in [5, 5.41) is 126. The predicted molar refractivity (Wildman–Crippen MR) is 396 cm³/mol. The second-order valence-electron chi connectivity index (χ2n) is 26.8. The van der Waals surface area contributed by atoms with Gasteiger partial charge in [0.05, 0.1) is 49.0 Å². The Kier molecular flexibility index (Phi) is 38.7. The zero-order chi connectivity index (χ0) is 82.2. The number of amides is 9. The number of rotatable bonds is 50. The number of nitrogens with zero attached hydrogens (tertiary/aromatic N) is 3. The van der Waals surface area contributed by atoms with Crippen LogP contribution in [-0.2, 0) is 67.5 Å². The lowest BCUT2D eigenvalue weighted by molar-refractivity contribution is -0.139. The zero-order valence-corrected chi connectivity index (χ0v) is 62.3. The maximum atomic E-state index is 15.0. The van der Waals surface area contributed by atoms with E-state index in [0.717, 1.165) is 44.0 Å². The minimum atomic E-state index is -2.07. The van der Waals surface area contributed by atoms with Crippen molar-refractivity contribution < 1.29 is 113 Å². The van der Waals surface area contributed by atoms with Crippen LogP contribution in [0.15, 0.2) is 93.4 Å². The van der Waals surface area contributed by atoms with Crippen LogP contribution in [0.4, 0.5) is 8.78 Å². The number of hydrogen-bond acceptors (Lipinski definition) is 25. The number of benzene rings is 3. The Balaban J connectivity index is 1.23. The Morgan fingerprint density at radius 1 is 0.577 bits per heavy atom. The molecule has 3 aromatic carbocycles. The van der Waals surface area contributed by atoms with Gasteiger partial charge in [0.25, 0.3) is 17.4 Å². The number of aliphatic carboxylic acids is 1. The first kappa shape index (κ1) is 92.3. The molecule has 0 fully saturated rings. The Labute approximate surface area is 641 Å². The molecule has 1 aliphatic rings. The molecule has 1 aromatic heterocycles. The number of carboxylic acids is 1. The number of unbranched alkanes of at least 4 members (excludes halogenated alkanes) is 4. The highest BCUT2D eigenvalue weighted by Crippen LogP contribution is 2.26. The Bertz CT molecular complexity index is 3950. The fourth-order valence-electron chi connectivity index (χ4n) is 11.7. The number of imide groups is 1. The average Bonchev–Trinajstić information content (AvgIpc) is 1.26. The number of aromatic nitrogens is 2. The molecule has 4 aromatic rings. The second-order valence-corrected chi connectivity index (χ2v) is 27.9. The number of thioether (sulfide) groups is 1. The summed E-state index contributed by atoms with van der Waals surface area (Å²) >= 11 is 0.901. The minimum Gasteiger partial charge on any atom is -0.481 e. The first-order valence-electron chi connectivity index (χ1n) is 36.2. The lowest BCUT2D eigenvalue weighted by Gasteiger charge is -2.27. The molecule has 38 heteroatoms. The van der Waals surface area contributed by atoms with Crippen LogP contribution in [0.25, 0.3) is 11.1 Å². The van der Waals surface area contributed by atoms with Gasteiger partial charge in [-0.25, -0.2) is 13.6 Å². The van der Waals surface area contributed by atoms with Gasteiger partial charge in [-0.3, -0.25) is 66.8 Å². The minimum absolute atomic E-state index is 0.0115. The molecule has 22 N–H and O–H groups in total. The maximum Gasteiger partial charge on any atom is 0.331 e. The van der Waals surface area contributed by atoms with Gasteiger partial charge < -0.3 is 105 Å². The van der Waals surface area contributed by atoms with Crippen molar-refractivity contribution in [2.75, 3.05) is 51.7 Å². The lowest BCUT2D eigenvalue weighted by atomic mass is 10.00. The largest absolute Gasteiger partial charge is 0.481 e. The van der Waals surface area contributed by atoms with Crippen LogP contribution in [0.1, 0.15) is 119 Å². The van der Waals surface area contributed by atoms with Crippen molar-refractivity contribution in [2.24, 2.45) is 11.5 Å². The van der Waals surface area contributed by atoms with Crippen LogP contribution in [0.5, 0.6) is 0 Å². The van der Waals surface area contributed by atoms with Crippen molar-refractivity contribution in [3.63, 3.8) is 0 Å². The van der Waals surface area contributed by atoms with Crippen LogP contribution >= 0.6 is 11.8 Å². The smallest absolute Gasteiger partial charge is 0.331 e. The molecule has 0 bridgehead atoms. The van der Waals surface area contributed by atoms with Gasteiger partial charge in [-0.2, -0.15) is 0 Å². The monoisotopic (exact) mass is 1580 g/mol. The molecular formula is C73H102F2N12O23S. The molecule has 111 heavy (non-hydrogen) atoms. The number of aliphatic hydroxyl groups excluding tert-OH is 10. The molecule has 0 saturated heterocycles. The van der Waals surface area contributed by atoms with Crippen LogP contribution in [0.2, 0.25) is 0 Å². The predicted octanol–water partition coefficient (Wildman–Crippen LogP) is -4.17. The summed E-state index contributed by atoms with van der Waals surface area (Å²) in [4.78, 5) is 162. The summed E-state index contributed by atoms with van der Waals surface area (Å²) in [6.45, 7) is -1.06. The van der Waals surface area contributed by atoms with E-state index < -0.39 is 227 Å². The third-order valence-corrected chi connectivity index (χ3v) is 19.5. The number of hydrogen-bond donors (Lipinski definition) is 20. The average molecular weight is 1590 g/mol. The first-order valence-corrected chi connectivity index (χ1v) is 37.2. The number of aliphatic hydroxyl groups is 10. The number of halogens is 2. The topological polar surface area (TPSA) is 577 Å². The number of nitrogens with two attached hydrogens (primary N) is 2. The summed E-state index contributed by atoms with van der Waals surface area (Å²) in [6.07, 6.45) is -16.1. The van der Waals surface area contributed by atoms with Gasteiger partial charge >= 0.3 is 11.7 Å². The van der Waals surface area contributed by atoms with Gasteiger partial charge in [-0.1, -0.05) is 79.9 Å². The van der Waals surface area contributed by atoms with E-state index in [-0.39, 0.29) is 85.2 Å². The van der Waals surface area contributed by atoms with E-state index >= 15 is 8.78 Å². The molecular weight excluding hydrogens is 1480 g/mol. The molecule has 13 atom stereocenters. The third kappa shape index (κ3) is 29.1. The zero-order valence-electron chi connectivity index (χ0n) is 61.5. The van der Waals surface area contributed by atoms with E-state index in [2.05, 4.69) is 37.2 Å². The summed E-state index contributed by atoms with van der Waals surface area (Å²) < 4.78 is 32.2. The quantitative estimate of drug-likeness (QED) is 0.0147. The van der Waals surface area contributed by atoms with Crippen molar-refractivity contribution in [2.45, 2.75) is 196 Å². The number of nitrogens with one attached hydrogen (secondary N) is 7.